The van der Waals surface area contributed by atoms with Gasteiger partial charge in [0, 0.05) is 36.1 Å². The van der Waals surface area contributed by atoms with Crippen molar-refractivity contribution in [1.29, 1.82) is 0 Å². The Balaban J connectivity index is 1.87. The Morgan fingerprint density at radius 3 is 2.30 bits per heavy atom. The zero-order valence-corrected chi connectivity index (χ0v) is 23.9. The minimum absolute atomic E-state index is 0.00444. The van der Waals surface area contributed by atoms with Crippen LogP contribution in [0.15, 0.2) is 77.7 Å². The lowest BCUT2D eigenvalue weighted by atomic mass is 10.0. The molecule has 0 fully saturated rings. The van der Waals surface area contributed by atoms with Gasteiger partial charge in [0.05, 0.1) is 10.0 Å². The van der Waals surface area contributed by atoms with Crippen molar-refractivity contribution in [3.05, 3.63) is 99.5 Å². The topological polar surface area (TPSA) is 49.4 Å². The maximum Gasteiger partial charge on any atom is 0.243 e. The van der Waals surface area contributed by atoms with Crippen molar-refractivity contribution in [3.8, 4) is 0 Å². The van der Waals surface area contributed by atoms with Crippen molar-refractivity contribution in [1.82, 2.24) is 10.2 Å². The molecule has 196 valence electrons. The number of rotatable bonds is 12. The summed E-state index contributed by atoms with van der Waals surface area (Å²) in [7, 11) is 0. The molecule has 0 radical (unpaired) electrons. The highest BCUT2D eigenvalue weighted by Crippen LogP contribution is 2.25. The third kappa shape index (κ3) is 9.10. The Hall–Kier alpha value is -2.47. The standard InChI is InChI=1S/C30H34Cl2N2O2S/c1-4-22(3)33-30(36)28(19-23-8-6-5-7-9-23)34(20-24-12-15-26(31)27(32)18-24)29(35)16-17-37-25-13-10-21(2)11-14-25/h5-15,18,22,28H,4,16-17,19-20H2,1-3H3,(H,33,36)/t22-,28-/m1/s1. The van der Waals surface area contributed by atoms with Crippen LogP contribution in [0, 0.1) is 6.92 Å². The number of nitrogens with zero attached hydrogens (tertiary/aromatic N) is 1. The highest BCUT2D eigenvalue weighted by molar-refractivity contribution is 7.99. The second kappa shape index (κ2) is 14.5. The fourth-order valence-corrected chi connectivity index (χ4v) is 5.03. The number of hydrogen-bond acceptors (Lipinski definition) is 3. The number of amides is 2. The van der Waals surface area contributed by atoms with Crippen molar-refractivity contribution in [2.24, 2.45) is 0 Å². The fourth-order valence-electron chi connectivity index (χ4n) is 3.86. The summed E-state index contributed by atoms with van der Waals surface area (Å²) in [6, 6.07) is 22.7. The first-order chi connectivity index (χ1) is 17.8. The molecule has 0 aliphatic heterocycles. The Morgan fingerprint density at radius 1 is 0.946 bits per heavy atom. The molecule has 7 heteroatoms. The summed E-state index contributed by atoms with van der Waals surface area (Å²) in [5, 5.41) is 3.97. The SMILES string of the molecule is CC[C@@H](C)NC(=O)[C@@H](Cc1ccccc1)N(Cc1ccc(Cl)c(Cl)c1)C(=O)CCSc1ccc(C)cc1. The van der Waals surface area contributed by atoms with Gasteiger partial charge in [-0.15, -0.1) is 11.8 Å². The number of halogens is 2. The van der Waals surface area contributed by atoms with Crippen molar-refractivity contribution in [2.75, 3.05) is 5.75 Å². The van der Waals surface area contributed by atoms with E-state index in [-0.39, 0.29) is 24.4 Å². The molecule has 2 amide bonds. The first kappa shape index (κ1) is 29.1. The van der Waals surface area contributed by atoms with Crippen molar-refractivity contribution in [3.63, 3.8) is 0 Å². The summed E-state index contributed by atoms with van der Waals surface area (Å²) in [6.45, 7) is 6.31. The van der Waals surface area contributed by atoms with Gasteiger partial charge < -0.3 is 10.2 Å². The van der Waals surface area contributed by atoms with Crippen LogP contribution in [-0.4, -0.2) is 34.6 Å². The van der Waals surface area contributed by atoms with E-state index in [0.717, 1.165) is 22.4 Å². The first-order valence-electron chi connectivity index (χ1n) is 12.5. The normalized spacial score (nSPS) is 12.6. The van der Waals surface area contributed by atoms with E-state index in [0.29, 0.717) is 28.6 Å². The minimum atomic E-state index is -0.664. The van der Waals surface area contributed by atoms with Crippen LogP contribution in [-0.2, 0) is 22.6 Å². The van der Waals surface area contributed by atoms with Gasteiger partial charge in [-0.2, -0.15) is 0 Å². The molecule has 0 spiro atoms. The third-order valence-corrected chi connectivity index (χ3v) is 7.97. The van der Waals surface area contributed by atoms with E-state index < -0.39 is 6.04 Å². The van der Waals surface area contributed by atoms with E-state index in [1.807, 2.05) is 50.2 Å². The second-order valence-corrected chi connectivity index (χ2v) is 11.2. The van der Waals surface area contributed by atoms with Gasteiger partial charge in [0.15, 0.2) is 0 Å². The Morgan fingerprint density at radius 2 is 1.65 bits per heavy atom. The van der Waals surface area contributed by atoms with Gasteiger partial charge >= 0.3 is 0 Å². The maximum absolute atomic E-state index is 13.7. The average Bonchev–Trinajstić information content (AvgIpc) is 2.89. The second-order valence-electron chi connectivity index (χ2n) is 9.21. The molecule has 3 rings (SSSR count). The molecule has 37 heavy (non-hydrogen) atoms. The van der Waals surface area contributed by atoms with Crippen molar-refractivity contribution in [2.45, 2.75) is 63.6 Å². The smallest absolute Gasteiger partial charge is 0.243 e. The monoisotopic (exact) mass is 556 g/mol. The molecule has 3 aromatic rings. The van der Waals surface area contributed by atoms with Crippen LogP contribution >= 0.6 is 35.0 Å². The number of nitrogens with one attached hydrogen (secondary N) is 1. The Kier molecular flexibility index (Phi) is 11.4. The Labute approximate surface area is 234 Å². The highest BCUT2D eigenvalue weighted by Gasteiger charge is 2.30. The zero-order chi connectivity index (χ0) is 26.8. The maximum atomic E-state index is 13.7. The van der Waals surface area contributed by atoms with Gasteiger partial charge in [0.25, 0.3) is 0 Å². The van der Waals surface area contributed by atoms with Gasteiger partial charge in [0.2, 0.25) is 11.8 Å². The van der Waals surface area contributed by atoms with Crippen LogP contribution in [0.4, 0.5) is 0 Å². The van der Waals surface area contributed by atoms with E-state index in [4.69, 9.17) is 23.2 Å². The quantitative estimate of drug-likeness (QED) is 0.237. The van der Waals surface area contributed by atoms with Crippen molar-refractivity contribution >= 4 is 46.8 Å². The summed E-state index contributed by atoms with van der Waals surface area (Å²) in [5.41, 5.74) is 3.01. The van der Waals surface area contributed by atoms with E-state index >= 15 is 0 Å². The molecule has 0 unspecified atom stereocenters. The number of benzene rings is 3. The molecular formula is C30H34Cl2N2O2S. The molecule has 0 aromatic heterocycles. The molecule has 0 bridgehead atoms. The molecule has 0 aliphatic rings. The lowest BCUT2D eigenvalue weighted by Crippen LogP contribution is -2.52. The lowest BCUT2D eigenvalue weighted by molar-refractivity contribution is -0.141. The van der Waals surface area contributed by atoms with Crippen LogP contribution in [0.1, 0.15) is 43.4 Å². The number of hydrogen-bond donors (Lipinski definition) is 1. The number of carbonyl (C=O) groups is 2. The predicted molar refractivity (Wildman–Crippen MR) is 155 cm³/mol. The third-order valence-electron chi connectivity index (χ3n) is 6.21. The number of aryl methyl sites for hydroxylation is 1. The molecule has 3 aromatic carbocycles. The average molecular weight is 558 g/mol. The number of thioether (sulfide) groups is 1. The van der Waals surface area contributed by atoms with Crippen LogP contribution in [0.3, 0.4) is 0 Å². The molecular weight excluding hydrogens is 523 g/mol. The molecule has 0 aliphatic carbocycles. The van der Waals surface area contributed by atoms with Crippen LogP contribution in [0.25, 0.3) is 0 Å². The molecule has 0 heterocycles. The van der Waals surface area contributed by atoms with Gasteiger partial charge in [-0.05, 0) is 55.7 Å². The molecule has 0 saturated carbocycles. The van der Waals surface area contributed by atoms with E-state index in [9.17, 15) is 9.59 Å². The first-order valence-corrected chi connectivity index (χ1v) is 14.3. The number of carbonyl (C=O) groups excluding carboxylic acids is 2. The summed E-state index contributed by atoms with van der Waals surface area (Å²) >= 11 is 14.0. The predicted octanol–water partition coefficient (Wildman–Crippen LogP) is 7.34. The van der Waals surface area contributed by atoms with Gasteiger partial charge in [-0.3, -0.25) is 9.59 Å². The highest BCUT2D eigenvalue weighted by atomic mass is 35.5. The van der Waals surface area contributed by atoms with Gasteiger partial charge in [-0.25, -0.2) is 0 Å². The molecule has 0 saturated heterocycles. The summed E-state index contributed by atoms with van der Waals surface area (Å²) < 4.78 is 0. The van der Waals surface area contributed by atoms with E-state index in [1.54, 1.807) is 28.8 Å². The molecule has 4 nitrogen and oxygen atoms in total. The summed E-state index contributed by atoms with van der Waals surface area (Å²) in [6.07, 6.45) is 1.53. The van der Waals surface area contributed by atoms with Crippen molar-refractivity contribution < 1.29 is 9.59 Å². The van der Waals surface area contributed by atoms with Gasteiger partial charge in [-0.1, -0.05) is 84.2 Å². The lowest BCUT2D eigenvalue weighted by Gasteiger charge is -2.32. The van der Waals surface area contributed by atoms with Crippen LogP contribution < -0.4 is 5.32 Å². The zero-order valence-electron chi connectivity index (χ0n) is 21.5. The summed E-state index contributed by atoms with van der Waals surface area (Å²) in [4.78, 5) is 30.1. The molecule has 2 atom stereocenters. The Bertz CT molecular complexity index is 1170. The van der Waals surface area contributed by atoms with E-state index in [1.165, 1.54) is 5.56 Å². The molecule has 1 N–H and O–H groups in total. The minimum Gasteiger partial charge on any atom is -0.352 e. The fraction of sp³-hybridized carbons (Fsp3) is 0.333. The van der Waals surface area contributed by atoms with Gasteiger partial charge in [0.1, 0.15) is 6.04 Å². The van der Waals surface area contributed by atoms with E-state index in [2.05, 4.69) is 36.5 Å². The van der Waals surface area contributed by atoms with Crippen LogP contribution in [0.2, 0.25) is 10.0 Å². The van der Waals surface area contributed by atoms with Crippen LogP contribution in [0.5, 0.6) is 0 Å². The largest absolute Gasteiger partial charge is 0.352 e. The summed E-state index contributed by atoms with van der Waals surface area (Å²) in [5.74, 6) is 0.383.